The minimum atomic E-state index is -1.04. The van der Waals surface area contributed by atoms with Gasteiger partial charge in [0.2, 0.25) is 11.8 Å². The summed E-state index contributed by atoms with van der Waals surface area (Å²) in [6.07, 6.45) is 0.132. The largest absolute Gasteiger partial charge is 0.481 e. The molecule has 2 rings (SSSR count). The number of aliphatic carboxylic acids is 1. The van der Waals surface area contributed by atoms with Crippen LogP contribution >= 0.6 is 0 Å². The van der Waals surface area contributed by atoms with E-state index in [1.807, 2.05) is 0 Å². The smallest absolute Gasteiger partial charge is 0.312 e. The number of hydrogen-bond acceptors (Lipinski definition) is 3. The van der Waals surface area contributed by atoms with E-state index in [4.69, 9.17) is 0 Å². The molecule has 0 aliphatic carbocycles. The Morgan fingerprint density at radius 3 is 2.35 bits per heavy atom. The summed E-state index contributed by atoms with van der Waals surface area (Å²) >= 11 is 0. The number of carbonyl (C=O) groups excluding carboxylic acids is 2. The number of carboxylic acids is 1. The Bertz CT molecular complexity index is 550. The van der Waals surface area contributed by atoms with Crippen LogP contribution in [0.5, 0.6) is 0 Å². The highest BCUT2D eigenvalue weighted by Crippen LogP contribution is 2.33. The fourth-order valence-corrected chi connectivity index (χ4v) is 2.41. The predicted molar refractivity (Wildman–Crippen MR) is 71.9 cm³/mol. The molecule has 5 nitrogen and oxygen atoms in total. The lowest BCUT2D eigenvalue weighted by atomic mass is 9.92. The van der Waals surface area contributed by atoms with E-state index in [0.29, 0.717) is 5.56 Å². The number of rotatable bonds is 4. The standard InChI is InChI=1S/C15H17NO4/c1-15(2)8-12(17)16(14(15)20)9-11(13(18)19)10-6-4-3-5-7-10/h3-7,11H,8-9H2,1-2H3,(H,18,19). The molecule has 1 fully saturated rings. The molecule has 1 aromatic rings. The Balaban J connectivity index is 2.24. The Morgan fingerprint density at radius 2 is 1.90 bits per heavy atom. The fraction of sp³-hybridized carbons (Fsp3) is 0.400. The lowest BCUT2D eigenvalue weighted by Crippen LogP contribution is -2.38. The maximum atomic E-state index is 12.1. The molecule has 1 aromatic carbocycles. The molecular weight excluding hydrogens is 258 g/mol. The van der Waals surface area contributed by atoms with Crippen molar-refractivity contribution < 1.29 is 19.5 Å². The molecule has 1 saturated heterocycles. The van der Waals surface area contributed by atoms with E-state index < -0.39 is 17.3 Å². The van der Waals surface area contributed by atoms with Crippen LogP contribution in [0, 0.1) is 5.41 Å². The van der Waals surface area contributed by atoms with Crippen molar-refractivity contribution in [3.8, 4) is 0 Å². The van der Waals surface area contributed by atoms with Gasteiger partial charge in [0, 0.05) is 13.0 Å². The van der Waals surface area contributed by atoms with E-state index in [9.17, 15) is 19.5 Å². The summed E-state index contributed by atoms with van der Waals surface area (Å²) in [7, 11) is 0. The molecule has 1 aliphatic rings. The molecule has 1 unspecified atom stereocenters. The van der Waals surface area contributed by atoms with Crippen molar-refractivity contribution in [1.82, 2.24) is 4.90 Å². The molecule has 0 radical (unpaired) electrons. The van der Waals surface area contributed by atoms with Crippen LogP contribution in [0.1, 0.15) is 31.7 Å². The zero-order chi connectivity index (χ0) is 14.9. The van der Waals surface area contributed by atoms with Gasteiger partial charge in [-0.2, -0.15) is 0 Å². The van der Waals surface area contributed by atoms with E-state index in [1.165, 1.54) is 0 Å². The van der Waals surface area contributed by atoms with E-state index in [0.717, 1.165) is 4.90 Å². The first kappa shape index (κ1) is 14.2. The normalized spacial score (nSPS) is 19.2. The van der Waals surface area contributed by atoms with Gasteiger partial charge >= 0.3 is 5.97 Å². The van der Waals surface area contributed by atoms with Crippen molar-refractivity contribution in [1.29, 1.82) is 0 Å². The molecule has 0 saturated carbocycles. The van der Waals surface area contributed by atoms with Crippen LogP contribution in [0.3, 0.4) is 0 Å². The summed E-state index contributed by atoms with van der Waals surface area (Å²) in [4.78, 5) is 36.5. The third-order valence-corrected chi connectivity index (χ3v) is 3.58. The molecule has 5 heteroatoms. The van der Waals surface area contributed by atoms with Crippen molar-refractivity contribution in [3.05, 3.63) is 35.9 Å². The maximum absolute atomic E-state index is 12.1. The van der Waals surface area contributed by atoms with E-state index in [1.54, 1.807) is 44.2 Å². The number of carbonyl (C=O) groups is 3. The number of nitrogens with zero attached hydrogens (tertiary/aromatic N) is 1. The predicted octanol–water partition coefficient (Wildman–Crippen LogP) is 1.64. The van der Waals surface area contributed by atoms with Gasteiger partial charge in [0.05, 0.1) is 11.3 Å². The molecule has 0 bridgehead atoms. The highest BCUT2D eigenvalue weighted by atomic mass is 16.4. The first-order chi connectivity index (χ1) is 9.33. The molecule has 1 aliphatic heterocycles. The van der Waals surface area contributed by atoms with Gasteiger partial charge in [0.15, 0.2) is 0 Å². The number of imide groups is 1. The van der Waals surface area contributed by atoms with Crippen LogP contribution in [-0.4, -0.2) is 34.3 Å². The minimum absolute atomic E-state index is 0.111. The van der Waals surface area contributed by atoms with Gasteiger partial charge in [-0.25, -0.2) is 0 Å². The van der Waals surface area contributed by atoms with Crippen molar-refractivity contribution in [2.75, 3.05) is 6.54 Å². The summed E-state index contributed by atoms with van der Waals surface area (Å²) in [6, 6.07) is 8.65. The van der Waals surface area contributed by atoms with Crippen LogP contribution in [0.2, 0.25) is 0 Å². The lowest BCUT2D eigenvalue weighted by Gasteiger charge is -2.21. The number of carboxylic acid groups (broad SMARTS) is 1. The van der Waals surface area contributed by atoms with E-state index >= 15 is 0 Å². The molecule has 0 spiro atoms. The summed E-state index contributed by atoms with van der Waals surface area (Å²) in [5, 5.41) is 9.34. The van der Waals surface area contributed by atoms with E-state index in [2.05, 4.69) is 0 Å². The molecule has 106 valence electrons. The number of hydrogen-bond donors (Lipinski definition) is 1. The van der Waals surface area contributed by atoms with Crippen molar-refractivity contribution in [2.45, 2.75) is 26.2 Å². The minimum Gasteiger partial charge on any atom is -0.481 e. The second-order valence-corrected chi connectivity index (χ2v) is 5.67. The fourth-order valence-electron chi connectivity index (χ4n) is 2.41. The van der Waals surface area contributed by atoms with Gasteiger partial charge in [-0.15, -0.1) is 0 Å². The molecule has 20 heavy (non-hydrogen) atoms. The van der Waals surface area contributed by atoms with Crippen LogP contribution in [0.4, 0.5) is 0 Å². The number of likely N-dealkylation sites (tertiary alicyclic amines) is 1. The third-order valence-electron chi connectivity index (χ3n) is 3.58. The number of benzene rings is 1. The summed E-state index contributed by atoms with van der Waals surface area (Å²) in [5.41, 5.74) is -0.151. The summed E-state index contributed by atoms with van der Waals surface area (Å²) in [5.74, 6) is -2.54. The van der Waals surface area contributed by atoms with Crippen molar-refractivity contribution >= 4 is 17.8 Å². The zero-order valence-corrected chi connectivity index (χ0v) is 11.5. The Kier molecular flexibility index (Phi) is 3.61. The van der Waals surface area contributed by atoms with Crippen LogP contribution in [-0.2, 0) is 14.4 Å². The average Bonchev–Trinajstić information content (AvgIpc) is 2.57. The highest BCUT2D eigenvalue weighted by Gasteiger charge is 2.45. The third kappa shape index (κ3) is 2.57. The highest BCUT2D eigenvalue weighted by molar-refractivity contribution is 6.05. The van der Waals surface area contributed by atoms with Gasteiger partial charge in [-0.1, -0.05) is 44.2 Å². The Morgan fingerprint density at radius 1 is 1.30 bits per heavy atom. The van der Waals surface area contributed by atoms with Gasteiger partial charge in [-0.05, 0) is 5.56 Å². The lowest BCUT2D eigenvalue weighted by molar-refractivity contribution is -0.144. The van der Waals surface area contributed by atoms with Gasteiger partial charge in [-0.3, -0.25) is 19.3 Å². The number of amides is 2. The first-order valence-corrected chi connectivity index (χ1v) is 6.45. The summed E-state index contributed by atoms with van der Waals surface area (Å²) in [6.45, 7) is 3.29. The van der Waals surface area contributed by atoms with Crippen molar-refractivity contribution in [3.63, 3.8) is 0 Å². The second kappa shape index (κ2) is 5.07. The molecule has 2 amide bonds. The van der Waals surface area contributed by atoms with Gasteiger partial charge in [0.25, 0.3) is 0 Å². The summed E-state index contributed by atoms with van der Waals surface area (Å²) < 4.78 is 0. The van der Waals surface area contributed by atoms with Crippen molar-refractivity contribution in [2.24, 2.45) is 5.41 Å². The molecule has 1 N–H and O–H groups in total. The maximum Gasteiger partial charge on any atom is 0.312 e. The van der Waals surface area contributed by atoms with Crippen LogP contribution in [0.15, 0.2) is 30.3 Å². The Hall–Kier alpha value is -2.17. The quantitative estimate of drug-likeness (QED) is 0.848. The Labute approximate surface area is 117 Å². The van der Waals surface area contributed by atoms with Crippen LogP contribution < -0.4 is 0 Å². The van der Waals surface area contributed by atoms with Crippen LogP contribution in [0.25, 0.3) is 0 Å². The van der Waals surface area contributed by atoms with Gasteiger partial charge < -0.3 is 5.11 Å². The zero-order valence-electron chi connectivity index (χ0n) is 11.5. The van der Waals surface area contributed by atoms with E-state index in [-0.39, 0.29) is 24.8 Å². The topological polar surface area (TPSA) is 74.7 Å². The average molecular weight is 275 g/mol. The second-order valence-electron chi connectivity index (χ2n) is 5.67. The molecule has 1 heterocycles. The molecular formula is C15H17NO4. The monoisotopic (exact) mass is 275 g/mol. The molecule has 0 aromatic heterocycles. The SMILES string of the molecule is CC1(C)CC(=O)N(CC(C(=O)O)c2ccccc2)C1=O. The van der Waals surface area contributed by atoms with Gasteiger partial charge in [0.1, 0.15) is 0 Å². The first-order valence-electron chi connectivity index (χ1n) is 6.45. The molecule has 1 atom stereocenters.